The summed E-state index contributed by atoms with van der Waals surface area (Å²) in [6, 6.07) is 15.5. The zero-order valence-corrected chi connectivity index (χ0v) is 15.1. The van der Waals surface area contributed by atoms with Gasteiger partial charge in [-0.2, -0.15) is 0 Å². The standard InChI is InChI=1S/C20H19N4O3/c1-3-27-18(25)13-23-20-17-7-5-4-6-15(17)12-21-24(20)19(22-23)14-8-10-16(26-2)11-9-14/h4-12H,3,13H2,1-2H3/q+1. The van der Waals surface area contributed by atoms with Crippen molar-refractivity contribution in [2.45, 2.75) is 13.5 Å². The molecule has 0 saturated heterocycles. The van der Waals surface area contributed by atoms with Crippen LogP contribution in [0.2, 0.25) is 0 Å². The lowest BCUT2D eigenvalue weighted by atomic mass is 10.2. The number of aromatic nitrogens is 4. The molecule has 0 fully saturated rings. The molecule has 136 valence electrons. The molecular formula is C20H19N4O3+. The lowest BCUT2D eigenvalue weighted by molar-refractivity contribution is -0.716. The van der Waals surface area contributed by atoms with Gasteiger partial charge in [0.1, 0.15) is 5.75 Å². The maximum atomic E-state index is 12.1. The van der Waals surface area contributed by atoms with Crippen molar-refractivity contribution in [3.63, 3.8) is 0 Å². The van der Waals surface area contributed by atoms with Crippen molar-refractivity contribution in [1.29, 1.82) is 0 Å². The molecule has 7 nitrogen and oxygen atoms in total. The Morgan fingerprint density at radius 2 is 1.93 bits per heavy atom. The summed E-state index contributed by atoms with van der Waals surface area (Å²) < 4.78 is 13.7. The minimum Gasteiger partial charge on any atom is -0.497 e. The van der Waals surface area contributed by atoms with Crippen molar-refractivity contribution < 1.29 is 19.0 Å². The summed E-state index contributed by atoms with van der Waals surface area (Å²) in [6.45, 7) is 2.13. The Balaban J connectivity index is 1.94. The summed E-state index contributed by atoms with van der Waals surface area (Å²) >= 11 is 0. The lowest BCUT2D eigenvalue weighted by Crippen LogP contribution is -2.41. The molecule has 2 aromatic heterocycles. The van der Waals surface area contributed by atoms with Gasteiger partial charge in [0.05, 0.1) is 25.3 Å². The first-order chi connectivity index (χ1) is 13.2. The fourth-order valence-electron chi connectivity index (χ4n) is 3.07. The van der Waals surface area contributed by atoms with E-state index >= 15 is 0 Å². The molecule has 2 heterocycles. The van der Waals surface area contributed by atoms with Crippen molar-refractivity contribution >= 4 is 22.4 Å². The maximum Gasteiger partial charge on any atom is 0.350 e. The van der Waals surface area contributed by atoms with Crippen LogP contribution in [0.1, 0.15) is 6.92 Å². The van der Waals surface area contributed by atoms with Gasteiger partial charge in [-0.1, -0.05) is 27.8 Å². The van der Waals surface area contributed by atoms with Gasteiger partial charge < -0.3 is 9.47 Å². The third-order valence-corrected chi connectivity index (χ3v) is 4.31. The minimum atomic E-state index is -0.336. The fourth-order valence-corrected chi connectivity index (χ4v) is 3.07. The van der Waals surface area contributed by atoms with Gasteiger partial charge in [-0.3, -0.25) is 0 Å². The van der Waals surface area contributed by atoms with Gasteiger partial charge >= 0.3 is 11.6 Å². The second-order valence-electron chi connectivity index (χ2n) is 5.98. The van der Waals surface area contributed by atoms with E-state index in [4.69, 9.17) is 9.47 Å². The number of esters is 1. The van der Waals surface area contributed by atoms with Crippen LogP contribution < -0.4 is 9.42 Å². The Morgan fingerprint density at radius 3 is 2.67 bits per heavy atom. The molecular weight excluding hydrogens is 344 g/mol. The van der Waals surface area contributed by atoms with Crippen LogP contribution in [0.5, 0.6) is 5.75 Å². The van der Waals surface area contributed by atoms with Crippen LogP contribution in [0.3, 0.4) is 0 Å². The van der Waals surface area contributed by atoms with Gasteiger partial charge in [-0.05, 0) is 42.4 Å². The first kappa shape index (κ1) is 17.0. The molecule has 0 spiro atoms. The van der Waals surface area contributed by atoms with Gasteiger partial charge in [-0.25, -0.2) is 4.79 Å². The van der Waals surface area contributed by atoms with Crippen molar-refractivity contribution in [2.75, 3.05) is 13.7 Å². The van der Waals surface area contributed by atoms with E-state index in [2.05, 4.69) is 10.2 Å². The van der Waals surface area contributed by atoms with E-state index in [1.54, 1.807) is 29.4 Å². The van der Waals surface area contributed by atoms with Crippen LogP contribution in [0.4, 0.5) is 0 Å². The van der Waals surface area contributed by atoms with Crippen molar-refractivity contribution in [2.24, 2.45) is 0 Å². The molecule has 0 saturated carbocycles. The van der Waals surface area contributed by atoms with E-state index in [0.717, 1.165) is 27.7 Å². The molecule has 27 heavy (non-hydrogen) atoms. The van der Waals surface area contributed by atoms with Gasteiger partial charge in [0.25, 0.3) is 5.82 Å². The summed E-state index contributed by atoms with van der Waals surface area (Å²) in [5.74, 6) is 1.07. The van der Waals surface area contributed by atoms with Crippen molar-refractivity contribution in [3.05, 3.63) is 54.7 Å². The highest BCUT2D eigenvalue weighted by Crippen LogP contribution is 2.23. The largest absolute Gasteiger partial charge is 0.497 e. The van der Waals surface area contributed by atoms with Crippen LogP contribution in [-0.4, -0.2) is 34.4 Å². The Labute approximate surface area is 155 Å². The second kappa shape index (κ2) is 7.03. The molecule has 0 aliphatic rings. The van der Waals surface area contributed by atoms with Gasteiger partial charge in [0, 0.05) is 10.9 Å². The Hall–Kier alpha value is -3.48. The quantitative estimate of drug-likeness (QED) is 0.402. The minimum absolute atomic E-state index is 0.0170. The summed E-state index contributed by atoms with van der Waals surface area (Å²) in [4.78, 5) is 12.1. The predicted octanol–water partition coefficient (Wildman–Crippen LogP) is 2.41. The monoisotopic (exact) mass is 363 g/mol. The van der Waals surface area contributed by atoms with E-state index in [9.17, 15) is 4.79 Å². The molecule has 0 unspecified atom stereocenters. The molecule has 4 aromatic rings. The number of rotatable bonds is 5. The lowest BCUT2D eigenvalue weighted by Gasteiger charge is -1.99. The highest BCUT2D eigenvalue weighted by atomic mass is 16.5. The Morgan fingerprint density at radius 1 is 1.15 bits per heavy atom. The molecule has 0 aliphatic heterocycles. The normalized spacial score (nSPS) is 11.0. The number of fused-ring (bicyclic) bond motifs is 3. The number of carbonyl (C=O) groups excluding carboxylic acids is 1. The van der Waals surface area contributed by atoms with Crippen LogP contribution in [0.15, 0.2) is 54.7 Å². The molecule has 7 heteroatoms. The highest BCUT2D eigenvalue weighted by molar-refractivity contribution is 5.92. The molecule has 2 aromatic carbocycles. The average Bonchev–Trinajstić information content (AvgIpc) is 3.07. The van der Waals surface area contributed by atoms with Gasteiger partial charge in [-0.15, -0.1) is 4.68 Å². The topological polar surface area (TPSA) is 69.6 Å². The van der Waals surface area contributed by atoms with Crippen LogP contribution in [0.25, 0.3) is 27.8 Å². The van der Waals surface area contributed by atoms with E-state index < -0.39 is 0 Å². The Kier molecular flexibility index (Phi) is 4.42. The van der Waals surface area contributed by atoms with Crippen LogP contribution in [0, 0.1) is 0 Å². The second-order valence-corrected chi connectivity index (χ2v) is 5.98. The van der Waals surface area contributed by atoms with E-state index in [1.165, 1.54) is 0 Å². The molecule has 0 aliphatic carbocycles. The summed E-state index contributed by atoms with van der Waals surface area (Å²) in [5.41, 5.74) is 1.61. The molecule has 0 atom stereocenters. The average molecular weight is 363 g/mol. The van der Waals surface area contributed by atoms with Crippen LogP contribution in [-0.2, 0) is 16.1 Å². The van der Waals surface area contributed by atoms with Gasteiger partial charge in [0.2, 0.25) is 6.54 Å². The number of methoxy groups -OCH3 is 1. The Bertz CT molecular complexity index is 1120. The number of nitrogens with zero attached hydrogens (tertiary/aromatic N) is 4. The first-order valence-corrected chi connectivity index (χ1v) is 8.68. The summed E-state index contributed by atoms with van der Waals surface area (Å²) in [7, 11) is 1.63. The van der Waals surface area contributed by atoms with Crippen LogP contribution >= 0.6 is 0 Å². The third-order valence-electron chi connectivity index (χ3n) is 4.31. The maximum absolute atomic E-state index is 12.1. The zero-order valence-electron chi connectivity index (χ0n) is 15.1. The number of hydrogen-bond acceptors (Lipinski definition) is 5. The number of carbonyl (C=O) groups is 1. The first-order valence-electron chi connectivity index (χ1n) is 8.68. The SMILES string of the molecule is CCOC(=O)C[n+]1nc(-c2ccc(OC)cc2)n2ncc3ccccc3c21. The highest BCUT2D eigenvalue weighted by Gasteiger charge is 2.26. The molecule has 0 amide bonds. The predicted molar refractivity (Wildman–Crippen MR) is 99.3 cm³/mol. The molecule has 4 rings (SSSR count). The van der Waals surface area contributed by atoms with E-state index in [0.29, 0.717) is 12.4 Å². The molecule has 0 N–H and O–H groups in total. The number of ether oxygens (including phenoxy) is 2. The third kappa shape index (κ3) is 3.08. The fraction of sp³-hybridized carbons (Fsp3) is 0.200. The summed E-state index contributed by atoms with van der Waals surface area (Å²) in [6.07, 6.45) is 1.80. The van der Waals surface area contributed by atoms with E-state index in [1.807, 2.05) is 48.5 Å². The molecule has 0 radical (unpaired) electrons. The number of benzene rings is 2. The smallest absolute Gasteiger partial charge is 0.350 e. The number of hydrogen-bond donors (Lipinski definition) is 0. The van der Waals surface area contributed by atoms with Gasteiger partial charge in [0.15, 0.2) is 0 Å². The summed E-state index contributed by atoms with van der Waals surface area (Å²) in [5, 5.41) is 11.2. The molecule has 0 bridgehead atoms. The zero-order chi connectivity index (χ0) is 18.8. The van der Waals surface area contributed by atoms with Crippen molar-refractivity contribution in [1.82, 2.24) is 14.7 Å². The van der Waals surface area contributed by atoms with Crippen molar-refractivity contribution in [3.8, 4) is 17.1 Å². The van der Waals surface area contributed by atoms with E-state index in [-0.39, 0.29) is 12.5 Å².